The van der Waals surface area contributed by atoms with Crippen molar-refractivity contribution in [3.05, 3.63) is 76.3 Å². The normalized spacial score (nSPS) is 14.8. The van der Waals surface area contributed by atoms with E-state index in [1.807, 2.05) is 30.5 Å². The SMILES string of the molecule is O=C(O)c1ccc2[nH]cc(CCCCN3CCN(c4ccc5occc(=O)c5c4)CC3)c2c1. The lowest BCUT2D eigenvalue weighted by Gasteiger charge is -2.36. The Morgan fingerprint density at radius 3 is 2.67 bits per heavy atom. The van der Waals surface area contributed by atoms with Crippen molar-refractivity contribution in [2.24, 2.45) is 0 Å². The number of aromatic nitrogens is 1. The van der Waals surface area contributed by atoms with Crippen LogP contribution >= 0.6 is 0 Å². The summed E-state index contributed by atoms with van der Waals surface area (Å²) in [5.41, 5.74) is 4.18. The molecule has 2 N–H and O–H groups in total. The molecule has 0 radical (unpaired) electrons. The number of hydrogen-bond donors (Lipinski definition) is 2. The van der Waals surface area contributed by atoms with E-state index in [4.69, 9.17) is 4.42 Å². The fourth-order valence-corrected chi connectivity index (χ4v) is 4.67. The van der Waals surface area contributed by atoms with Gasteiger partial charge in [-0.15, -0.1) is 0 Å². The molecule has 170 valence electrons. The maximum absolute atomic E-state index is 12.1. The summed E-state index contributed by atoms with van der Waals surface area (Å²) in [6.45, 7) is 4.92. The van der Waals surface area contributed by atoms with Crippen molar-refractivity contribution >= 4 is 33.5 Å². The van der Waals surface area contributed by atoms with E-state index >= 15 is 0 Å². The van der Waals surface area contributed by atoms with Gasteiger partial charge in [-0.2, -0.15) is 0 Å². The molecule has 0 unspecified atom stereocenters. The third-order valence-electron chi connectivity index (χ3n) is 6.57. The van der Waals surface area contributed by atoms with Gasteiger partial charge in [0, 0.05) is 55.0 Å². The maximum atomic E-state index is 12.1. The molecule has 33 heavy (non-hydrogen) atoms. The highest BCUT2D eigenvalue weighted by atomic mass is 16.4. The van der Waals surface area contributed by atoms with Gasteiger partial charge in [0.05, 0.1) is 17.2 Å². The van der Waals surface area contributed by atoms with E-state index in [1.54, 1.807) is 12.1 Å². The second-order valence-electron chi connectivity index (χ2n) is 8.63. The zero-order valence-electron chi connectivity index (χ0n) is 18.4. The number of rotatable bonds is 7. The van der Waals surface area contributed by atoms with E-state index in [-0.39, 0.29) is 5.43 Å². The van der Waals surface area contributed by atoms with Crippen molar-refractivity contribution in [1.82, 2.24) is 9.88 Å². The van der Waals surface area contributed by atoms with Gasteiger partial charge in [0.15, 0.2) is 5.43 Å². The Labute approximate surface area is 191 Å². The van der Waals surface area contributed by atoms with Gasteiger partial charge in [-0.1, -0.05) is 0 Å². The number of aromatic amines is 1. The standard InChI is InChI=1S/C26H27N3O4/c30-24-8-14-33-25-7-5-20(16-22(24)25)29-12-10-28(11-13-29)9-2-1-3-19-17-27-23-6-4-18(26(31)32)15-21(19)23/h4-8,14-17,27H,1-3,9-13H2,(H,31,32). The average molecular weight is 446 g/mol. The van der Waals surface area contributed by atoms with Crippen LogP contribution in [0.1, 0.15) is 28.8 Å². The third kappa shape index (κ3) is 4.50. The number of aryl methyl sites for hydroxylation is 1. The third-order valence-corrected chi connectivity index (χ3v) is 6.57. The number of H-pyrrole nitrogens is 1. The fraction of sp³-hybridized carbons (Fsp3) is 0.308. The number of carboxylic acids is 1. The Kier molecular flexibility index (Phi) is 5.88. The summed E-state index contributed by atoms with van der Waals surface area (Å²) in [5.74, 6) is -0.893. The summed E-state index contributed by atoms with van der Waals surface area (Å²) < 4.78 is 5.42. The van der Waals surface area contributed by atoms with Crippen LogP contribution in [0.4, 0.5) is 5.69 Å². The molecule has 7 heteroatoms. The van der Waals surface area contributed by atoms with Gasteiger partial charge in [0.2, 0.25) is 0 Å². The molecule has 2 aromatic heterocycles. The highest BCUT2D eigenvalue weighted by Gasteiger charge is 2.18. The molecule has 0 atom stereocenters. The number of fused-ring (bicyclic) bond motifs is 2. The van der Waals surface area contributed by atoms with Crippen LogP contribution in [0.25, 0.3) is 21.9 Å². The monoisotopic (exact) mass is 445 g/mol. The van der Waals surface area contributed by atoms with Crippen LogP contribution in [-0.2, 0) is 6.42 Å². The predicted octanol–water partition coefficient (Wildman–Crippen LogP) is 4.12. The number of piperazine rings is 1. The van der Waals surface area contributed by atoms with E-state index in [0.29, 0.717) is 16.5 Å². The topological polar surface area (TPSA) is 89.8 Å². The number of carbonyl (C=O) groups is 1. The molecule has 0 aliphatic carbocycles. The zero-order valence-corrected chi connectivity index (χ0v) is 18.4. The second kappa shape index (κ2) is 9.11. The molecule has 1 aliphatic heterocycles. The van der Waals surface area contributed by atoms with Gasteiger partial charge in [-0.3, -0.25) is 9.69 Å². The zero-order chi connectivity index (χ0) is 22.8. The number of hydrogen-bond acceptors (Lipinski definition) is 5. The minimum atomic E-state index is -0.893. The van der Waals surface area contributed by atoms with Crippen LogP contribution < -0.4 is 10.3 Å². The number of nitrogens with one attached hydrogen (secondary N) is 1. The number of anilines is 1. The van der Waals surface area contributed by atoms with Crippen molar-refractivity contribution in [2.45, 2.75) is 19.3 Å². The fourth-order valence-electron chi connectivity index (χ4n) is 4.67. The molecular formula is C26H27N3O4. The molecule has 0 amide bonds. The van der Waals surface area contributed by atoms with Crippen LogP contribution in [0, 0.1) is 0 Å². The van der Waals surface area contributed by atoms with Gasteiger partial charge in [-0.05, 0) is 67.8 Å². The summed E-state index contributed by atoms with van der Waals surface area (Å²) in [4.78, 5) is 31.4. The van der Waals surface area contributed by atoms with Crippen LogP contribution in [0.15, 0.2) is 64.1 Å². The number of aromatic carboxylic acids is 1. The molecule has 2 aromatic carbocycles. The van der Waals surface area contributed by atoms with Gasteiger partial charge >= 0.3 is 5.97 Å². The Balaban J connectivity index is 1.12. The minimum Gasteiger partial charge on any atom is -0.478 e. The molecule has 3 heterocycles. The summed E-state index contributed by atoms with van der Waals surface area (Å²) in [7, 11) is 0. The maximum Gasteiger partial charge on any atom is 0.335 e. The van der Waals surface area contributed by atoms with Crippen molar-refractivity contribution in [1.29, 1.82) is 0 Å². The van der Waals surface area contributed by atoms with Crippen molar-refractivity contribution in [2.75, 3.05) is 37.6 Å². The average Bonchev–Trinajstić information content (AvgIpc) is 3.24. The summed E-state index contributed by atoms with van der Waals surface area (Å²) in [5, 5.41) is 10.9. The molecule has 1 fully saturated rings. The van der Waals surface area contributed by atoms with E-state index in [1.165, 1.54) is 17.9 Å². The molecule has 0 saturated carbocycles. The number of benzene rings is 2. The Hall–Kier alpha value is -3.58. The van der Waals surface area contributed by atoms with Crippen molar-refractivity contribution in [3.63, 3.8) is 0 Å². The lowest BCUT2D eigenvalue weighted by molar-refractivity contribution is 0.0697. The molecule has 1 saturated heterocycles. The summed E-state index contributed by atoms with van der Waals surface area (Å²) in [6, 6.07) is 12.5. The summed E-state index contributed by atoms with van der Waals surface area (Å²) in [6.07, 6.45) is 6.53. The summed E-state index contributed by atoms with van der Waals surface area (Å²) >= 11 is 0. The van der Waals surface area contributed by atoms with Crippen molar-refractivity contribution < 1.29 is 14.3 Å². The molecule has 0 spiro atoms. The largest absolute Gasteiger partial charge is 0.478 e. The van der Waals surface area contributed by atoms with Crippen LogP contribution in [0.3, 0.4) is 0 Å². The van der Waals surface area contributed by atoms with Crippen LogP contribution in [0.5, 0.6) is 0 Å². The Morgan fingerprint density at radius 2 is 1.85 bits per heavy atom. The molecule has 0 bridgehead atoms. The van der Waals surface area contributed by atoms with E-state index in [9.17, 15) is 14.7 Å². The highest BCUT2D eigenvalue weighted by Crippen LogP contribution is 2.23. The number of carboxylic acid groups (broad SMARTS) is 1. The van der Waals surface area contributed by atoms with Crippen molar-refractivity contribution in [3.8, 4) is 0 Å². The smallest absolute Gasteiger partial charge is 0.335 e. The van der Waals surface area contributed by atoms with Gasteiger partial charge in [-0.25, -0.2) is 4.79 Å². The molecule has 7 nitrogen and oxygen atoms in total. The molecule has 5 rings (SSSR count). The molecular weight excluding hydrogens is 418 g/mol. The van der Waals surface area contributed by atoms with E-state index < -0.39 is 5.97 Å². The van der Waals surface area contributed by atoms with Gasteiger partial charge in [0.1, 0.15) is 5.58 Å². The van der Waals surface area contributed by atoms with E-state index in [0.717, 1.165) is 68.6 Å². The highest BCUT2D eigenvalue weighted by molar-refractivity contribution is 5.94. The number of unbranched alkanes of at least 4 members (excludes halogenated alkanes) is 1. The predicted molar refractivity (Wildman–Crippen MR) is 129 cm³/mol. The first-order chi connectivity index (χ1) is 16.1. The second-order valence-corrected chi connectivity index (χ2v) is 8.63. The first kappa shape index (κ1) is 21.3. The molecule has 4 aromatic rings. The first-order valence-corrected chi connectivity index (χ1v) is 11.4. The number of nitrogens with zero attached hydrogens (tertiary/aromatic N) is 2. The van der Waals surface area contributed by atoms with Crippen LogP contribution in [0.2, 0.25) is 0 Å². The lowest BCUT2D eigenvalue weighted by Crippen LogP contribution is -2.46. The quantitative estimate of drug-likeness (QED) is 0.416. The first-order valence-electron chi connectivity index (χ1n) is 11.4. The lowest BCUT2D eigenvalue weighted by atomic mass is 10.0. The molecule has 1 aliphatic rings. The van der Waals surface area contributed by atoms with Crippen LogP contribution in [-0.4, -0.2) is 53.7 Å². The minimum absolute atomic E-state index is 0.00822. The Morgan fingerprint density at radius 1 is 1.00 bits per heavy atom. The van der Waals surface area contributed by atoms with Gasteiger partial charge < -0.3 is 19.4 Å². The van der Waals surface area contributed by atoms with E-state index in [2.05, 4.69) is 14.8 Å². The van der Waals surface area contributed by atoms with Gasteiger partial charge in [0.25, 0.3) is 0 Å². The Bertz CT molecular complexity index is 1350.